The number of hydrogen-bond acceptors (Lipinski definition) is 17. The van der Waals surface area contributed by atoms with Crippen molar-refractivity contribution in [1.82, 2.24) is 0 Å². The molecule has 22 heteroatoms. The Labute approximate surface area is 658 Å². The monoisotopic (exact) mass is 1750 g/mol. The van der Waals surface area contributed by atoms with Crippen molar-refractivity contribution in [2.24, 2.45) is 0 Å². The van der Waals surface area contributed by atoms with Crippen molar-refractivity contribution in [2.45, 2.75) is 171 Å². The van der Waals surface area contributed by atoms with E-state index in [1.54, 1.807) is 0 Å². The van der Waals surface area contributed by atoms with Gasteiger partial charge in [-0.1, -0.05) is 151 Å². The number of carbonyl (C=O) groups is 1. The van der Waals surface area contributed by atoms with Gasteiger partial charge < -0.3 is 46.8 Å². The van der Waals surface area contributed by atoms with Crippen LogP contribution in [0.15, 0.2) is 269 Å². The molecule has 5 atom stereocenters. The summed E-state index contributed by atoms with van der Waals surface area (Å²) in [6.45, 7) is 18.9. The standard InChI is InChI=1S/C18H18IO3.C17H18IO2.3C17H20O4S/c1-18(2)12-16(17(20)22-18)21-15-10-8-14(9-11-15)19-13-6-4-3-5-7-13;1-2-6-14(7-3-1)18-15-9-11-16(12-10-15)20-17-8-4-5-13-19-17;3*1-3-13(2)15-6-4-14(5-7-15)12-21-16-8-10-17(11-9-16)22(18,19)20/h3-11,16H,12H2,1-2H3;1-3,6-7,9-12,17H,4-5,8,13H2;3*4-11,13H,3,12H2,1-2H3,(H,18,19,20)/q2*+1;;;/p-3. The minimum Gasteiger partial charge on any atom is -0.744 e. The second kappa shape index (κ2) is 42.1. The largest absolute Gasteiger partial charge is 0.744 e. The van der Waals surface area contributed by atoms with Crippen molar-refractivity contribution < 1.29 is 119 Å². The molecule has 0 saturated carbocycles. The Bertz CT molecular complexity index is 4380. The normalized spacial score (nSPS) is 15.3. The van der Waals surface area contributed by atoms with Crippen molar-refractivity contribution in [1.29, 1.82) is 0 Å². The highest BCUT2D eigenvalue weighted by Gasteiger charge is 2.41. The quantitative estimate of drug-likeness (QED) is 0.0277. The molecule has 0 spiro atoms. The lowest BCUT2D eigenvalue weighted by molar-refractivity contribution is -0.597. The van der Waals surface area contributed by atoms with E-state index in [4.69, 9.17) is 33.2 Å². The van der Waals surface area contributed by atoms with Gasteiger partial charge in [-0.15, -0.1) is 0 Å². The Balaban J connectivity index is 0.000000170. The van der Waals surface area contributed by atoms with Crippen LogP contribution in [0, 0.1) is 14.3 Å². The first-order valence-electron chi connectivity index (χ1n) is 35.7. The summed E-state index contributed by atoms with van der Waals surface area (Å²) < 4.78 is 142. The van der Waals surface area contributed by atoms with E-state index < -0.39 is 42.1 Å². The Morgan fingerprint density at radius 1 is 0.407 bits per heavy atom. The lowest BCUT2D eigenvalue weighted by Gasteiger charge is -2.23. The number of esters is 1. The number of rotatable bonds is 26. The van der Waals surface area contributed by atoms with Crippen molar-refractivity contribution in [2.75, 3.05) is 6.61 Å². The number of carbonyl (C=O) groups excluding carboxylic acids is 1. The Morgan fingerprint density at radius 2 is 0.713 bits per heavy atom. The predicted octanol–water partition coefficient (Wildman–Crippen LogP) is 12.1. The molecule has 2 aliphatic rings. The summed E-state index contributed by atoms with van der Waals surface area (Å²) in [6, 6.07) is 78.9. The Hall–Kier alpha value is -8.18. The van der Waals surface area contributed by atoms with Crippen LogP contribution in [0.5, 0.6) is 28.7 Å². The van der Waals surface area contributed by atoms with Crippen LogP contribution in [-0.2, 0) is 64.4 Å². The summed E-state index contributed by atoms with van der Waals surface area (Å²) in [7, 11) is -13.2. The number of halogens is 2. The van der Waals surface area contributed by atoms with Gasteiger partial charge in [0.25, 0.3) is 0 Å². The molecule has 0 amide bonds. The minimum absolute atomic E-state index is 0.0570. The highest BCUT2D eigenvalue weighted by molar-refractivity contribution is 7.86. The second-order valence-electron chi connectivity index (χ2n) is 26.4. The maximum Gasteiger partial charge on any atom is 0.357 e. The van der Waals surface area contributed by atoms with E-state index in [0.29, 0.717) is 61.2 Å². The third-order valence-electron chi connectivity index (χ3n) is 17.6. The fourth-order valence-corrected chi connectivity index (χ4v) is 16.5. The number of benzene rings is 10. The van der Waals surface area contributed by atoms with Crippen LogP contribution in [0.3, 0.4) is 0 Å². The summed E-state index contributed by atoms with van der Waals surface area (Å²) in [5, 5.41) is 0. The van der Waals surface area contributed by atoms with Crippen molar-refractivity contribution in [3.63, 3.8) is 0 Å². The van der Waals surface area contributed by atoms with E-state index in [1.807, 2.05) is 68.4 Å². The molecule has 5 unspecified atom stereocenters. The van der Waals surface area contributed by atoms with Crippen molar-refractivity contribution in [3.05, 3.63) is 302 Å². The first-order chi connectivity index (χ1) is 51.6. The molecule has 12 rings (SSSR count). The molecule has 108 heavy (non-hydrogen) atoms. The van der Waals surface area contributed by atoms with E-state index in [0.717, 1.165) is 66.9 Å². The molecule has 0 bridgehead atoms. The fraction of sp³-hybridized carbons (Fsp3) is 0.291. The molecule has 0 aromatic heterocycles. The molecule has 17 nitrogen and oxygen atoms in total. The number of hydrogen-bond donors (Lipinski definition) is 0. The first-order valence-corrected chi connectivity index (χ1v) is 44.3. The highest BCUT2D eigenvalue weighted by atomic mass is 127. The van der Waals surface area contributed by atoms with Gasteiger partial charge in [0, 0.05) is 12.8 Å². The van der Waals surface area contributed by atoms with Gasteiger partial charge in [0.15, 0.2) is 26.7 Å². The summed E-state index contributed by atoms with van der Waals surface area (Å²) in [4.78, 5) is 11.0. The maximum atomic E-state index is 11.8. The van der Waals surface area contributed by atoms with Gasteiger partial charge >= 0.3 is 48.4 Å². The molecule has 0 radical (unpaired) electrons. The molecule has 10 aromatic rings. The summed E-state index contributed by atoms with van der Waals surface area (Å²) in [5.41, 5.74) is 6.58. The molecule has 2 heterocycles. The van der Waals surface area contributed by atoms with E-state index in [-0.39, 0.29) is 69.4 Å². The lowest BCUT2D eigenvalue weighted by Crippen LogP contribution is -3.61. The maximum absolute atomic E-state index is 11.8. The van der Waals surface area contributed by atoms with Gasteiger partial charge in [-0.25, -0.2) is 30.0 Å². The van der Waals surface area contributed by atoms with Crippen LogP contribution in [0.4, 0.5) is 0 Å². The molecular formula is C86H93I2O17S3-. The number of ether oxygens (including phenoxy) is 7. The SMILES string of the molecule is CC1(C)CC(Oc2ccc([I+]c3ccccc3)cc2)C(=O)O1.CCC(C)c1ccc(COc2ccc(S(=O)(=O)[O-])cc2)cc1.CCC(C)c1ccc(COc2ccc(S(=O)(=O)[O-])cc2)cc1.CCC(C)c1ccc(COc2ccc(S(=O)(=O)[O-])cc2)cc1.c1ccc([I+]c2ccc(OC3CCCCO3)cc2)cc1. The summed E-state index contributed by atoms with van der Waals surface area (Å²) >= 11 is -0.264. The number of cyclic esters (lactones) is 1. The van der Waals surface area contributed by atoms with Crippen LogP contribution in [0.1, 0.15) is 151 Å². The second-order valence-corrected chi connectivity index (χ2v) is 36.6. The average Bonchev–Trinajstić information content (AvgIpc) is 1.65. The lowest BCUT2D eigenvalue weighted by atomic mass is 9.98. The van der Waals surface area contributed by atoms with E-state index in [9.17, 15) is 43.7 Å². The average molecular weight is 1750 g/mol. The molecule has 2 fully saturated rings. The van der Waals surface area contributed by atoms with E-state index in [1.165, 1.54) is 110 Å². The van der Waals surface area contributed by atoms with Gasteiger partial charge in [-0.2, -0.15) is 0 Å². The van der Waals surface area contributed by atoms with Crippen molar-refractivity contribution in [3.8, 4) is 28.7 Å². The first kappa shape index (κ1) is 85.4. The molecule has 0 aliphatic carbocycles. The minimum atomic E-state index is -4.41. The summed E-state index contributed by atoms with van der Waals surface area (Å²) in [6.07, 6.45) is 6.69. The van der Waals surface area contributed by atoms with Crippen LogP contribution < -0.4 is 66.1 Å². The van der Waals surface area contributed by atoms with Gasteiger partial charge in [-0.3, -0.25) is 0 Å². The van der Waals surface area contributed by atoms with Crippen LogP contribution in [0.2, 0.25) is 0 Å². The smallest absolute Gasteiger partial charge is 0.357 e. The van der Waals surface area contributed by atoms with Crippen molar-refractivity contribution >= 4 is 36.3 Å². The summed E-state index contributed by atoms with van der Waals surface area (Å²) in [5.74, 6) is 4.56. The zero-order valence-electron chi connectivity index (χ0n) is 61.8. The molecule has 2 aliphatic heterocycles. The van der Waals surface area contributed by atoms with Gasteiger partial charge in [0.05, 0.1) is 21.3 Å². The van der Waals surface area contributed by atoms with E-state index in [2.05, 4.69) is 169 Å². The topological polar surface area (TPSA) is 253 Å². The zero-order chi connectivity index (χ0) is 77.7. The van der Waals surface area contributed by atoms with Gasteiger partial charge in [0.2, 0.25) is 0 Å². The van der Waals surface area contributed by atoms with Gasteiger partial charge in [0.1, 0.15) is 84.5 Å². The molecular weight excluding hydrogens is 1650 g/mol. The Morgan fingerprint density at radius 3 is 0.991 bits per heavy atom. The van der Waals surface area contributed by atoms with E-state index >= 15 is 0 Å². The third-order valence-corrected chi connectivity index (χ3v) is 25.5. The highest BCUT2D eigenvalue weighted by Crippen LogP contribution is 2.30. The third kappa shape index (κ3) is 29.3. The molecule has 572 valence electrons. The van der Waals surface area contributed by atoms with Crippen LogP contribution in [0.25, 0.3) is 0 Å². The Kier molecular flexibility index (Phi) is 33.3. The van der Waals surface area contributed by atoms with Gasteiger partial charge in [-0.05, 0) is 243 Å². The van der Waals surface area contributed by atoms with Crippen LogP contribution >= 0.6 is 0 Å². The molecule has 2 saturated heterocycles. The molecule has 0 N–H and O–H groups in total. The molecule has 10 aromatic carbocycles. The fourth-order valence-electron chi connectivity index (χ4n) is 10.6. The predicted molar refractivity (Wildman–Crippen MR) is 406 cm³/mol. The van der Waals surface area contributed by atoms with Crippen LogP contribution in [-0.4, -0.2) is 69.5 Å². The zero-order valence-corrected chi connectivity index (χ0v) is 68.6.